The van der Waals surface area contributed by atoms with E-state index < -0.39 is 5.91 Å². The Morgan fingerprint density at radius 1 is 1.12 bits per heavy atom. The molecule has 25 heavy (non-hydrogen) atoms. The molecule has 6 nitrogen and oxygen atoms in total. The molecule has 1 aliphatic rings. The first-order valence-electron chi connectivity index (χ1n) is 7.90. The van der Waals surface area contributed by atoms with E-state index >= 15 is 0 Å². The molecule has 8 heteroatoms. The molecule has 3 aromatic rings. The van der Waals surface area contributed by atoms with Gasteiger partial charge in [-0.3, -0.25) is 9.59 Å². The van der Waals surface area contributed by atoms with E-state index in [4.69, 9.17) is 5.73 Å². The molecule has 0 bridgehead atoms. The SMILES string of the molecule is NC(=O)c1cccc(N2CCN(c3nc4ccsc4c(=O)s3)CC2)c1. The molecule has 0 spiro atoms. The van der Waals surface area contributed by atoms with E-state index in [1.54, 1.807) is 6.07 Å². The number of hydrogen-bond donors (Lipinski definition) is 1. The molecule has 0 unspecified atom stereocenters. The molecule has 0 radical (unpaired) electrons. The molecule has 2 aromatic heterocycles. The average Bonchev–Trinajstić information content (AvgIpc) is 3.11. The summed E-state index contributed by atoms with van der Waals surface area (Å²) in [7, 11) is 0. The minimum absolute atomic E-state index is 0.0755. The number of carbonyl (C=O) groups is 1. The van der Waals surface area contributed by atoms with Crippen molar-refractivity contribution in [2.75, 3.05) is 36.0 Å². The van der Waals surface area contributed by atoms with Crippen LogP contribution in [0.25, 0.3) is 10.2 Å². The van der Waals surface area contributed by atoms with Crippen LogP contribution in [0.5, 0.6) is 0 Å². The van der Waals surface area contributed by atoms with Crippen molar-refractivity contribution in [3.05, 3.63) is 50.8 Å². The minimum Gasteiger partial charge on any atom is -0.368 e. The van der Waals surface area contributed by atoms with Crippen molar-refractivity contribution in [2.45, 2.75) is 0 Å². The van der Waals surface area contributed by atoms with Gasteiger partial charge in [0.15, 0.2) is 5.13 Å². The third-order valence-electron chi connectivity index (χ3n) is 4.28. The van der Waals surface area contributed by atoms with E-state index in [1.807, 2.05) is 29.6 Å². The highest BCUT2D eigenvalue weighted by Gasteiger charge is 2.20. The molecule has 1 aromatic carbocycles. The number of piperazine rings is 1. The van der Waals surface area contributed by atoms with Crippen molar-refractivity contribution in [3.63, 3.8) is 0 Å². The van der Waals surface area contributed by atoms with E-state index in [1.165, 1.54) is 22.7 Å². The minimum atomic E-state index is -0.418. The molecule has 128 valence electrons. The highest BCUT2D eigenvalue weighted by Crippen LogP contribution is 2.25. The first-order valence-corrected chi connectivity index (χ1v) is 9.59. The van der Waals surface area contributed by atoms with E-state index in [0.717, 1.165) is 47.2 Å². The van der Waals surface area contributed by atoms with Crippen molar-refractivity contribution in [1.82, 2.24) is 4.98 Å². The summed E-state index contributed by atoms with van der Waals surface area (Å²) in [6.45, 7) is 3.15. The van der Waals surface area contributed by atoms with Gasteiger partial charge in [0.05, 0.1) is 5.52 Å². The highest BCUT2D eigenvalue weighted by atomic mass is 32.1. The van der Waals surface area contributed by atoms with E-state index in [2.05, 4.69) is 14.8 Å². The first kappa shape index (κ1) is 16.0. The van der Waals surface area contributed by atoms with Crippen LogP contribution in [-0.4, -0.2) is 37.1 Å². The summed E-state index contributed by atoms with van der Waals surface area (Å²) in [5.74, 6) is -0.418. The van der Waals surface area contributed by atoms with Gasteiger partial charge in [-0.1, -0.05) is 17.4 Å². The highest BCUT2D eigenvalue weighted by molar-refractivity contribution is 7.21. The van der Waals surface area contributed by atoms with Crippen molar-refractivity contribution < 1.29 is 4.79 Å². The van der Waals surface area contributed by atoms with E-state index in [9.17, 15) is 9.59 Å². The summed E-state index contributed by atoms with van der Waals surface area (Å²) < 4.78 is 0.808. The number of amides is 1. The third-order valence-corrected chi connectivity index (χ3v) is 6.23. The normalized spacial score (nSPS) is 14.9. The van der Waals surface area contributed by atoms with Crippen molar-refractivity contribution in [1.29, 1.82) is 0 Å². The van der Waals surface area contributed by atoms with Gasteiger partial charge in [0, 0.05) is 37.4 Å². The van der Waals surface area contributed by atoms with Gasteiger partial charge >= 0.3 is 0 Å². The van der Waals surface area contributed by atoms with E-state index in [-0.39, 0.29) is 4.74 Å². The fourth-order valence-corrected chi connectivity index (χ4v) is 4.70. The van der Waals surface area contributed by atoms with Crippen LogP contribution < -0.4 is 20.3 Å². The summed E-state index contributed by atoms with van der Waals surface area (Å²) in [6.07, 6.45) is 0. The van der Waals surface area contributed by atoms with Gasteiger partial charge in [-0.05, 0) is 29.6 Å². The van der Waals surface area contributed by atoms with Crippen LogP contribution in [0.3, 0.4) is 0 Å². The lowest BCUT2D eigenvalue weighted by Gasteiger charge is -2.36. The van der Waals surface area contributed by atoms with Gasteiger partial charge in [0.25, 0.3) is 4.74 Å². The number of fused-ring (bicyclic) bond motifs is 1. The summed E-state index contributed by atoms with van der Waals surface area (Å²) in [5, 5.41) is 2.68. The second-order valence-corrected chi connectivity index (χ2v) is 7.66. The summed E-state index contributed by atoms with van der Waals surface area (Å²) in [4.78, 5) is 32.5. The van der Waals surface area contributed by atoms with Crippen LogP contribution in [0.15, 0.2) is 40.5 Å². The van der Waals surface area contributed by atoms with Gasteiger partial charge in [-0.15, -0.1) is 11.3 Å². The Hall–Kier alpha value is -2.45. The second-order valence-electron chi connectivity index (χ2n) is 5.81. The molecule has 1 saturated heterocycles. The number of aromatic nitrogens is 1. The molecular formula is C17H16N4O2S2. The zero-order valence-electron chi connectivity index (χ0n) is 13.3. The van der Waals surface area contributed by atoms with Gasteiger partial charge in [-0.2, -0.15) is 0 Å². The number of hydrogen-bond acceptors (Lipinski definition) is 7. The topological polar surface area (TPSA) is 79.5 Å². The van der Waals surface area contributed by atoms with Crippen LogP contribution in [0.2, 0.25) is 0 Å². The van der Waals surface area contributed by atoms with Crippen LogP contribution in [0.4, 0.5) is 10.8 Å². The Bertz CT molecular complexity index is 989. The summed E-state index contributed by atoms with van der Waals surface area (Å²) in [5.41, 5.74) is 7.65. The van der Waals surface area contributed by atoms with E-state index in [0.29, 0.717) is 5.56 Å². The molecule has 4 rings (SSSR count). The molecule has 1 aliphatic heterocycles. The monoisotopic (exact) mass is 372 g/mol. The molecule has 0 aliphatic carbocycles. The van der Waals surface area contributed by atoms with Gasteiger partial charge in [0.2, 0.25) is 5.91 Å². The van der Waals surface area contributed by atoms with Gasteiger partial charge in [-0.25, -0.2) is 4.98 Å². The molecule has 1 amide bonds. The Labute approximate surface area is 152 Å². The summed E-state index contributed by atoms with van der Waals surface area (Å²) >= 11 is 2.65. The Kier molecular flexibility index (Phi) is 4.14. The molecular weight excluding hydrogens is 356 g/mol. The second kappa shape index (κ2) is 6.45. The first-order chi connectivity index (χ1) is 12.1. The maximum Gasteiger partial charge on any atom is 0.255 e. The number of rotatable bonds is 3. The number of benzene rings is 1. The smallest absolute Gasteiger partial charge is 0.255 e. The zero-order chi connectivity index (χ0) is 17.4. The van der Waals surface area contributed by atoms with Crippen LogP contribution in [-0.2, 0) is 0 Å². The third kappa shape index (κ3) is 3.10. The number of carbonyl (C=O) groups excluding carboxylic acids is 1. The number of nitrogens with zero attached hydrogens (tertiary/aromatic N) is 3. The number of thiophene rings is 1. The number of anilines is 2. The van der Waals surface area contributed by atoms with Crippen molar-refractivity contribution in [2.24, 2.45) is 5.73 Å². The summed E-state index contributed by atoms with van der Waals surface area (Å²) in [6, 6.07) is 9.27. The van der Waals surface area contributed by atoms with Crippen molar-refractivity contribution in [3.8, 4) is 0 Å². The number of nitrogens with two attached hydrogens (primary N) is 1. The largest absolute Gasteiger partial charge is 0.368 e. The van der Waals surface area contributed by atoms with Gasteiger partial charge < -0.3 is 15.5 Å². The Morgan fingerprint density at radius 2 is 1.88 bits per heavy atom. The zero-order valence-corrected chi connectivity index (χ0v) is 15.0. The molecule has 0 saturated carbocycles. The predicted molar refractivity (Wildman–Crippen MR) is 103 cm³/mol. The Morgan fingerprint density at radius 3 is 2.64 bits per heavy atom. The molecule has 0 atom stereocenters. The average molecular weight is 372 g/mol. The molecule has 3 heterocycles. The fraction of sp³-hybridized carbons (Fsp3) is 0.235. The standard InChI is InChI=1S/C17H16N4O2S2/c18-15(22)11-2-1-3-12(10-11)20-5-7-21(8-6-20)17-19-13-4-9-24-14(13)16(23)25-17/h1-4,9-10H,5-8H2,(H2,18,22). The lowest BCUT2D eigenvalue weighted by Crippen LogP contribution is -2.46. The lowest BCUT2D eigenvalue weighted by molar-refractivity contribution is 0.100. The Balaban J connectivity index is 1.52. The quantitative estimate of drug-likeness (QED) is 0.762. The lowest BCUT2D eigenvalue weighted by atomic mass is 10.1. The predicted octanol–water partition coefficient (Wildman–Crippen LogP) is 2.14. The fourth-order valence-electron chi connectivity index (χ4n) is 2.95. The molecule has 1 fully saturated rings. The van der Waals surface area contributed by atoms with Gasteiger partial charge in [0.1, 0.15) is 4.70 Å². The molecule has 2 N–H and O–H groups in total. The maximum atomic E-state index is 12.2. The van der Waals surface area contributed by atoms with Crippen LogP contribution >= 0.6 is 22.7 Å². The maximum absolute atomic E-state index is 12.2. The van der Waals surface area contributed by atoms with Crippen molar-refractivity contribution >= 4 is 49.6 Å². The van der Waals surface area contributed by atoms with Crippen LogP contribution in [0.1, 0.15) is 10.4 Å². The van der Waals surface area contributed by atoms with Crippen LogP contribution in [0, 0.1) is 0 Å². The number of primary amides is 1.